The number of aromatic nitrogens is 2. The van der Waals surface area contributed by atoms with Gasteiger partial charge in [0.1, 0.15) is 17.9 Å². The molecule has 0 aliphatic carbocycles. The van der Waals surface area contributed by atoms with Crippen LogP contribution in [-0.4, -0.2) is 52.6 Å². The fourth-order valence-electron chi connectivity index (χ4n) is 5.22. The summed E-state index contributed by atoms with van der Waals surface area (Å²) in [7, 11) is 0. The average Bonchev–Trinajstić information content (AvgIpc) is 3.09. The summed E-state index contributed by atoms with van der Waals surface area (Å²) in [6, 6.07) is 15.4. The Morgan fingerprint density at radius 2 is 1.84 bits per heavy atom. The Kier molecular flexibility index (Phi) is 5.87. The van der Waals surface area contributed by atoms with Crippen LogP contribution in [0.25, 0.3) is 10.9 Å². The number of hydrogen-bond donors (Lipinski definition) is 0. The first-order chi connectivity index (χ1) is 15.6. The second-order valence-corrected chi connectivity index (χ2v) is 9.11. The van der Waals surface area contributed by atoms with Crippen molar-refractivity contribution in [2.24, 2.45) is 0 Å². The molecule has 0 N–H and O–H groups in total. The summed E-state index contributed by atoms with van der Waals surface area (Å²) in [4.78, 5) is 26.5. The fourth-order valence-corrected chi connectivity index (χ4v) is 5.40. The van der Waals surface area contributed by atoms with Crippen LogP contribution in [0.3, 0.4) is 0 Å². The van der Waals surface area contributed by atoms with Crippen LogP contribution in [-0.2, 0) is 4.79 Å². The first-order valence-corrected chi connectivity index (χ1v) is 11.7. The molecule has 3 heterocycles. The maximum atomic E-state index is 12.9. The molecule has 5 rings (SSSR count). The lowest BCUT2D eigenvalue weighted by Crippen LogP contribution is -2.45. The molecule has 2 aromatic carbocycles. The number of hydrogen-bond acceptors (Lipinski definition) is 5. The van der Waals surface area contributed by atoms with E-state index in [1.807, 2.05) is 35.2 Å². The van der Waals surface area contributed by atoms with Gasteiger partial charge in [0, 0.05) is 35.6 Å². The van der Waals surface area contributed by atoms with Gasteiger partial charge in [-0.2, -0.15) is 0 Å². The normalized spacial score (nSPS) is 21.2. The number of rotatable bonds is 4. The minimum absolute atomic E-state index is 0.0269. The highest BCUT2D eigenvalue weighted by molar-refractivity contribution is 6.30. The quantitative estimate of drug-likeness (QED) is 0.576. The molecule has 0 radical (unpaired) electrons. The van der Waals surface area contributed by atoms with Crippen LogP contribution < -0.4 is 9.64 Å². The molecule has 0 unspecified atom stereocenters. The molecule has 2 aliphatic heterocycles. The van der Waals surface area contributed by atoms with E-state index in [1.165, 1.54) is 0 Å². The van der Waals surface area contributed by atoms with Gasteiger partial charge in [-0.25, -0.2) is 9.97 Å². The van der Waals surface area contributed by atoms with E-state index < -0.39 is 0 Å². The van der Waals surface area contributed by atoms with Crippen molar-refractivity contribution in [3.8, 4) is 5.75 Å². The van der Waals surface area contributed by atoms with Crippen LogP contribution in [0, 0.1) is 0 Å². The molecule has 2 aliphatic rings. The van der Waals surface area contributed by atoms with Gasteiger partial charge in [-0.15, -0.1) is 0 Å². The van der Waals surface area contributed by atoms with E-state index in [0.717, 1.165) is 68.5 Å². The summed E-state index contributed by atoms with van der Waals surface area (Å²) < 4.78 is 5.70. The number of carbonyl (C=O) groups excluding carboxylic acids is 1. The third-order valence-electron chi connectivity index (χ3n) is 6.80. The first kappa shape index (κ1) is 21.0. The number of amides is 1. The number of likely N-dealkylation sites (tertiary alicyclic amines) is 1. The largest absolute Gasteiger partial charge is 0.484 e. The minimum Gasteiger partial charge on any atom is -0.484 e. The van der Waals surface area contributed by atoms with Gasteiger partial charge < -0.3 is 14.5 Å². The van der Waals surface area contributed by atoms with Crippen LogP contribution >= 0.6 is 11.6 Å². The van der Waals surface area contributed by atoms with Gasteiger partial charge in [-0.1, -0.05) is 29.8 Å². The molecule has 0 bridgehead atoms. The lowest BCUT2D eigenvalue weighted by molar-refractivity contribution is -0.133. The van der Waals surface area contributed by atoms with E-state index in [9.17, 15) is 4.79 Å². The van der Waals surface area contributed by atoms with Crippen molar-refractivity contribution >= 4 is 34.2 Å². The third-order valence-corrected chi connectivity index (χ3v) is 7.04. The summed E-state index contributed by atoms with van der Waals surface area (Å²) >= 11 is 6.01. The van der Waals surface area contributed by atoms with Gasteiger partial charge in [0.25, 0.3) is 5.91 Å². The summed E-state index contributed by atoms with van der Waals surface area (Å²) in [5, 5.41) is 1.70. The zero-order chi connectivity index (χ0) is 22.0. The number of halogens is 1. The van der Waals surface area contributed by atoms with Crippen molar-refractivity contribution in [3.63, 3.8) is 0 Å². The van der Waals surface area contributed by atoms with Crippen molar-refractivity contribution < 1.29 is 9.53 Å². The Hall–Kier alpha value is -2.86. The van der Waals surface area contributed by atoms with Gasteiger partial charge >= 0.3 is 0 Å². The third kappa shape index (κ3) is 4.11. The molecule has 1 spiro atoms. The van der Waals surface area contributed by atoms with Crippen LogP contribution in [0.15, 0.2) is 54.9 Å². The van der Waals surface area contributed by atoms with Crippen molar-refractivity contribution in [2.75, 3.05) is 31.1 Å². The molecule has 7 heteroatoms. The molecule has 1 aromatic heterocycles. The first-order valence-electron chi connectivity index (χ1n) is 11.3. The Balaban J connectivity index is 1.30. The lowest BCUT2D eigenvalue weighted by atomic mass is 9.87. The summed E-state index contributed by atoms with van der Waals surface area (Å²) in [5.74, 6) is 1.67. The standard InChI is InChI=1S/C25H27ClN4O2/c26-19-6-3-7-20(16-19)32-17-23(31)29-13-4-10-25(12-15-29)11-5-14-30(25)24-21-8-1-2-9-22(21)27-18-28-24/h1-3,6-9,16,18H,4-5,10-15,17H2/t25-/m0/s1. The summed E-state index contributed by atoms with van der Waals surface area (Å²) in [6.45, 7) is 2.52. The highest BCUT2D eigenvalue weighted by atomic mass is 35.5. The number of ether oxygens (including phenoxy) is 1. The highest BCUT2D eigenvalue weighted by Crippen LogP contribution is 2.42. The zero-order valence-electron chi connectivity index (χ0n) is 18.0. The number of benzene rings is 2. The van der Waals surface area contributed by atoms with Gasteiger partial charge in [-0.3, -0.25) is 4.79 Å². The molecular formula is C25H27ClN4O2. The van der Waals surface area contributed by atoms with Gasteiger partial charge in [-0.05, 0) is 62.4 Å². The van der Waals surface area contributed by atoms with E-state index in [0.29, 0.717) is 10.8 Å². The van der Waals surface area contributed by atoms with E-state index >= 15 is 0 Å². The van der Waals surface area contributed by atoms with Crippen molar-refractivity contribution in [1.29, 1.82) is 0 Å². The van der Waals surface area contributed by atoms with Crippen molar-refractivity contribution in [2.45, 2.75) is 37.6 Å². The topological polar surface area (TPSA) is 58.6 Å². The maximum Gasteiger partial charge on any atom is 0.260 e. The van der Waals surface area contributed by atoms with E-state index in [2.05, 4.69) is 16.0 Å². The Morgan fingerprint density at radius 3 is 2.72 bits per heavy atom. The summed E-state index contributed by atoms with van der Waals surface area (Å²) in [5.41, 5.74) is 1.02. The highest BCUT2D eigenvalue weighted by Gasteiger charge is 2.43. The number of fused-ring (bicyclic) bond motifs is 1. The van der Waals surface area contributed by atoms with Crippen LogP contribution in [0.5, 0.6) is 5.75 Å². The van der Waals surface area contributed by atoms with Crippen LogP contribution in [0.1, 0.15) is 32.1 Å². The zero-order valence-corrected chi connectivity index (χ0v) is 18.8. The smallest absolute Gasteiger partial charge is 0.260 e. The second-order valence-electron chi connectivity index (χ2n) is 8.67. The molecule has 166 valence electrons. The molecule has 2 fully saturated rings. The van der Waals surface area contributed by atoms with Gasteiger partial charge in [0.05, 0.1) is 5.52 Å². The van der Waals surface area contributed by atoms with Gasteiger partial charge in [0.15, 0.2) is 6.61 Å². The number of anilines is 1. The Morgan fingerprint density at radius 1 is 1.00 bits per heavy atom. The number of para-hydroxylation sites is 1. The number of nitrogens with zero attached hydrogens (tertiary/aromatic N) is 4. The van der Waals surface area contributed by atoms with E-state index in [1.54, 1.807) is 18.5 Å². The fraction of sp³-hybridized carbons (Fsp3) is 0.400. The minimum atomic E-state index is 0.0269. The molecule has 2 saturated heterocycles. The summed E-state index contributed by atoms with van der Waals surface area (Å²) in [6.07, 6.45) is 6.92. The second kappa shape index (κ2) is 8.94. The molecular weight excluding hydrogens is 424 g/mol. The Labute approximate surface area is 193 Å². The Bertz CT molecular complexity index is 1120. The predicted molar refractivity (Wildman–Crippen MR) is 126 cm³/mol. The molecule has 1 atom stereocenters. The van der Waals surface area contributed by atoms with E-state index in [4.69, 9.17) is 21.3 Å². The maximum absolute atomic E-state index is 12.9. The molecule has 0 saturated carbocycles. The SMILES string of the molecule is O=C(COc1cccc(Cl)c1)N1CCC[C@]2(CCCN2c2ncnc3ccccc23)CC1. The number of carbonyl (C=O) groups is 1. The van der Waals surface area contributed by atoms with Crippen molar-refractivity contribution in [3.05, 3.63) is 59.9 Å². The monoisotopic (exact) mass is 450 g/mol. The molecule has 6 nitrogen and oxygen atoms in total. The lowest BCUT2D eigenvalue weighted by Gasteiger charge is -2.39. The predicted octanol–water partition coefficient (Wildman–Crippen LogP) is 4.71. The van der Waals surface area contributed by atoms with Crippen LogP contribution in [0.2, 0.25) is 5.02 Å². The molecule has 32 heavy (non-hydrogen) atoms. The van der Waals surface area contributed by atoms with Crippen molar-refractivity contribution in [1.82, 2.24) is 14.9 Å². The average molecular weight is 451 g/mol. The molecule has 1 amide bonds. The van der Waals surface area contributed by atoms with E-state index in [-0.39, 0.29) is 18.1 Å². The van der Waals surface area contributed by atoms with Crippen LogP contribution in [0.4, 0.5) is 5.82 Å². The molecule has 3 aromatic rings. The van der Waals surface area contributed by atoms with Gasteiger partial charge in [0.2, 0.25) is 0 Å².